The van der Waals surface area contributed by atoms with Gasteiger partial charge in [0, 0.05) is 0 Å². The van der Waals surface area contributed by atoms with Crippen molar-refractivity contribution in [1.82, 2.24) is 5.32 Å². The number of ether oxygens (including phenoxy) is 1. The summed E-state index contributed by atoms with van der Waals surface area (Å²) >= 11 is 0. The summed E-state index contributed by atoms with van der Waals surface area (Å²) in [6.45, 7) is 2.31. The van der Waals surface area contributed by atoms with E-state index in [4.69, 9.17) is 4.74 Å². The van der Waals surface area contributed by atoms with E-state index in [9.17, 15) is 4.79 Å². The highest BCUT2D eigenvalue weighted by Crippen LogP contribution is 2.29. The van der Waals surface area contributed by atoms with Crippen molar-refractivity contribution in [1.29, 1.82) is 0 Å². The molecule has 0 heterocycles. The van der Waals surface area contributed by atoms with Gasteiger partial charge in [0.15, 0.2) is 0 Å². The smallest absolute Gasteiger partial charge is 0.323 e. The zero-order valence-electron chi connectivity index (χ0n) is 7.80. The molecule has 0 aromatic rings. The van der Waals surface area contributed by atoms with Crippen LogP contribution in [-0.2, 0) is 9.53 Å². The van der Waals surface area contributed by atoms with Crippen molar-refractivity contribution in [2.45, 2.75) is 32.2 Å². The highest BCUT2D eigenvalue weighted by Gasteiger charge is 2.32. The molecule has 1 aliphatic rings. The third-order valence-corrected chi connectivity index (χ3v) is 2.47. The van der Waals surface area contributed by atoms with E-state index in [1.807, 2.05) is 14.0 Å². The number of nitrogens with one attached hydrogen (secondary N) is 1. The van der Waals surface area contributed by atoms with Gasteiger partial charge in [-0.05, 0) is 32.7 Å². The Bertz CT molecular complexity index is 155. The second-order valence-corrected chi connectivity index (χ2v) is 3.21. The van der Waals surface area contributed by atoms with E-state index >= 15 is 0 Å². The van der Waals surface area contributed by atoms with E-state index in [0.29, 0.717) is 12.5 Å². The van der Waals surface area contributed by atoms with E-state index in [1.165, 1.54) is 6.42 Å². The first-order valence-corrected chi connectivity index (χ1v) is 4.63. The molecular formula is C9H17NO2. The van der Waals surface area contributed by atoms with Gasteiger partial charge in [-0.15, -0.1) is 0 Å². The Morgan fingerprint density at radius 1 is 1.67 bits per heavy atom. The van der Waals surface area contributed by atoms with Crippen LogP contribution in [0.2, 0.25) is 0 Å². The van der Waals surface area contributed by atoms with Crippen LogP contribution in [0.15, 0.2) is 0 Å². The maximum atomic E-state index is 11.3. The van der Waals surface area contributed by atoms with E-state index < -0.39 is 0 Å². The number of carbonyl (C=O) groups is 1. The highest BCUT2D eigenvalue weighted by molar-refractivity contribution is 5.76. The van der Waals surface area contributed by atoms with Crippen molar-refractivity contribution >= 4 is 5.97 Å². The average Bonchev–Trinajstić information content (AvgIpc) is 1.96. The third kappa shape index (κ3) is 1.97. The second-order valence-electron chi connectivity index (χ2n) is 3.21. The van der Waals surface area contributed by atoms with Gasteiger partial charge in [0.2, 0.25) is 0 Å². The summed E-state index contributed by atoms with van der Waals surface area (Å²) in [4.78, 5) is 11.3. The molecule has 0 bridgehead atoms. The lowest BCUT2D eigenvalue weighted by Crippen LogP contribution is -2.44. The molecule has 1 rings (SSSR count). The molecule has 1 N–H and O–H groups in total. The monoisotopic (exact) mass is 171 g/mol. The van der Waals surface area contributed by atoms with Crippen LogP contribution in [0.25, 0.3) is 0 Å². The van der Waals surface area contributed by atoms with Gasteiger partial charge in [0.1, 0.15) is 6.04 Å². The van der Waals surface area contributed by atoms with Crippen LogP contribution in [0, 0.1) is 5.92 Å². The minimum atomic E-state index is -0.0929. The van der Waals surface area contributed by atoms with Gasteiger partial charge < -0.3 is 10.1 Å². The third-order valence-electron chi connectivity index (χ3n) is 2.47. The molecule has 0 aromatic heterocycles. The van der Waals surface area contributed by atoms with Crippen molar-refractivity contribution in [3.05, 3.63) is 0 Å². The summed E-state index contributed by atoms with van der Waals surface area (Å²) in [6.07, 6.45) is 3.57. The largest absolute Gasteiger partial charge is 0.465 e. The lowest BCUT2D eigenvalue weighted by molar-refractivity contribution is -0.147. The number of hydrogen-bond donors (Lipinski definition) is 1. The normalized spacial score (nSPS) is 19.8. The van der Waals surface area contributed by atoms with Crippen LogP contribution in [0.1, 0.15) is 26.2 Å². The first-order valence-electron chi connectivity index (χ1n) is 4.63. The molecule has 1 aliphatic carbocycles. The quantitative estimate of drug-likeness (QED) is 0.640. The molecule has 0 radical (unpaired) electrons. The molecule has 3 heteroatoms. The van der Waals surface area contributed by atoms with E-state index in [2.05, 4.69) is 5.32 Å². The van der Waals surface area contributed by atoms with Crippen molar-refractivity contribution in [2.24, 2.45) is 5.92 Å². The molecule has 0 aliphatic heterocycles. The summed E-state index contributed by atoms with van der Waals surface area (Å²) in [5.74, 6) is 0.416. The highest BCUT2D eigenvalue weighted by atomic mass is 16.5. The molecule has 70 valence electrons. The van der Waals surface area contributed by atoms with Crippen LogP contribution >= 0.6 is 0 Å². The van der Waals surface area contributed by atoms with Gasteiger partial charge in [0.25, 0.3) is 0 Å². The maximum Gasteiger partial charge on any atom is 0.323 e. The standard InChI is InChI=1S/C9H17NO2/c1-3-12-9(11)8(10-2)7-5-4-6-7/h7-8,10H,3-6H2,1-2H3. The zero-order valence-corrected chi connectivity index (χ0v) is 7.80. The van der Waals surface area contributed by atoms with Gasteiger partial charge in [-0.3, -0.25) is 4.79 Å². The number of rotatable bonds is 4. The summed E-state index contributed by atoms with van der Waals surface area (Å²) in [5, 5.41) is 3.01. The fourth-order valence-electron chi connectivity index (χ4n) is 1.55. The second kappa shape index (κ2) is 4.45. The molecular weight excluding hydrogens is 154 g/mol. The van der Waals surface area contributed by atoms with Gasteiger partial charge >= 0.3 is 5.97 Å². The fraction of sp³-hybridized carbons (Fsp3) is 0.889. The Labute approximate surface area is 73.5 Å². The van der Waals surface area contributed by atoms with Gasteiger partial charge in [-0.1, -0.05) is 6.42 Å². The molecule has 0 aromatic carbocycles. The predicted molar refractivity (Wildman–Crippen MR) is 46.8 cm³/mol. The number of carbonyl (C=O) groups excluding carboxylic acids is 1. The van der Waals surface area contributed by atoms with Crippen LogP contribution < -0.4 is 5.32 Å². The van der Waals surface area contributed by atoms with Crippen molar-refractivity contribution in [3.63, 3.8) is 0 Å². The molecule has 1 unspecified atom stereocenters. The summed E-state index contributed by atoms with van der Waals surface area (Å²) < 4.78 is 4.95. The molecule has 3 nitrogen and oxygen atoms in total. The van der Waals surface area contributed by atoms with Crippen molar-refractivity contribution in [2.75, 3.05) is 13.7 Å². The molecule has 12 heavy (non-hydrogen) atoms. The van der Waals surface area contributed by atoms with Crippen LogP contribution in [0.5, 0.6) is 0 Å². The lowest BCUT2D eigenvalue weighted by Gasteiger charge is -2.31. The SMILES string of the molecule is CCOC(=O)C(NC)C1CCC1. The summed E-state index contributed by atoms with van der Waals surface area (Å²) in [5.41, 5.74) is 0. The minimum Gasteiger partial charge on any atom is -0.465 e. The molecule has 1 saturated carbocycles. The van der Waals surface area contributed by atoms with E-state index in [0.717, 1.165) is 12.8 Å². The molecule has 1 atom stereocenters. The van der Waals surface area contributed by atoms with Crippen LogP contribution in [-0.4, -0.2) is 25.7 Å². The molecule has 0 spiro atoms. The Kier molecular flexibility index (Phi) is 3.53. The Morgan fingerprint density at radius 3 is 2.67 bits per heavy atom. The first-order chi connectivity index (χ1) is 5.79. The van der Waals surface area contributed by atoms with Gasteiger partial charge in [0.05, 0.1) is 6.61 Å². The Morgan fingerprint density at radius 2 is 2.33 bits per heavy atom. The Hall–Kier alpha value is -0.570. The average molecular weight is 171 g/mol. The number of hydrogen-bond acceptors (Lipinski definition) is 3. The van der Waals surface area contributed by atoms with E-state index in [-0.39, 0.29) is 12.0 Å². The lowest BCUT2D eigenvalue weighted by atomic mass is 9.80. The molecule has 0 saturated heterocycles. The van der Waals surface area contributed by atoms with Gasteiger partial charge in [-0.2, -0.15) is 0 Å². The maximum absolute atomic E-state index is 11.3. The van der Waals surface area contributed by atoms with E-state index in [1.54, 1.807) is 0 Å². The minimum absolute atomic E-state index is 0.0706. The molecule has 1 fully saturated rings. The number of likely N-dealkylation sites (N-methyl/N-ethyl adjacent to an activating group) is 1. The predicted octanol–water partition coefficient (Wildman–Crippen LogP) is 0.938. The zero-order chi connectivity index (χ0) is 8.97. The summed E-state index contributed by atoms with van der Waals surface area (Å²) in [6, 6.07) is -0.0706. The van der Waals surface area contributed by atoms with Gasteiger partial charge in [-0.25, -0.2) is 0 Å². The fourth-order valence-corrected chi connectivity index (χ4v) is 1.55. The van der Waals surface area contributed by atoms with Crippen LogP contribution in [0.4, 0.5) is 0 Å². The first kappa shape index (κ1) is 9.52. The summed E-state index contributed by atoms with van der Waals surface area (Å²) in [7, 11) is 1.82. The molecule has 0 amide bonds. The number of esters is 1. The van der Waals surface area contributed by atoms with Crippen molar-refractivity contribution in [3.8, 4) is 0 Å². The van der Waals surface area contributed by atoms with Crippen LogP contribution in [0.3, 0.4) is 0 Å². The van der Waals surface area contributed by atoms with Crippen molar-refractivity contribution < 1.29 is 9.53 Å². The Balaban J connectivity index is 2.37. The topological polar surface area (TPSA) is 38.3 Å².